The first-order valence-electron chi connectivity index (χ1n) is 11.0. The molecule has 0 fully saturated rings. The van der Waals surface area contributed by atoms with Crippen molar-refractivity contribution in [2.24, 2.45) is 0 Å². The molecule has 0 saturated heterocycles. The molecule has 3 aromatic carbocycles. The van der Waals surface area contributed by atoms with E-state index in [1.807, 2.05) is 41.3 Å². The van der Waals surface area contributed by atoms with Gasteiger partial charge in [0.15, 0.2) is 0 Å². The van der Waals surface area contributed by atoms with Gasteiger partial charge in [0.05, 0.1) is 5.69 Å². The van der Waals surface area contributed by atoms with Gasteiger partial charge in [-0.3, -0.25) is 4.90 Å². The zero-order valence-electron chi connectivity index (χ0n) is 17.9. The van der Waals surface area contributed by atoms with Gasteiger partial charge in [-0.25, -0.2) is 4.79 Å². The highest BCUT2D eigenvalue weighted by Gasteiger charge is 2.33. The predicted octanol–water partition coefficient (Wildman–Crippen LogP) is 7.10. The van der Waals surface area contributed by atoms with Crippen molar-refractivity contribution < 1.29 is 9.53 Å². The molecule has 31 heavy (non-hydrogen) atoms. The van der Waals surface area contributed by atoms with Gasteiger partial charge in [-0.1, -0.05) is 83.5 Å². The molecule has 1 atom stereocenters. The highest BCUT2D eigenvalue weighted by molar-refractivity contribution is 9.10. The maximum atomic E-state index is 13.4. The summed E-state index contributed by atoms with van der Waals surface area (Å²) in [6, 6.07) is 24.8. The van der Waals surface area contributed by atoms with E-state index in [4.69, 9.17) is 4.74 Å². The number of anilines is 1. The smallest absolute Gasteiger partial charge is 0.414 e. The molecule has 3 nitrogen and oxygen atoms in total. The van der Waals surface area contributed by atoms with E-state index in [1.165, 1.54) is 16.7 Å². The molecular formula is C27H28BrNO2. The van der Waals surface area contributed by atoms with Gasteiger partial charge in [0, 0.05) is 10.5 Å². The van der Waals surface area contributed by atoms with Gasteiger partial charge in [0.25, 0.3) is 0 Å². The van der Waals surface area contributed by atoms with Crippen molar-refractivity contribution in [2.45, 2.75) is 51.7 Å². The minimum absolute atomic E-state index is 0.127. The number of carbonyl (C=O) groups is 1. The summed E-state index contributed by atoms with van der Waals surface area (Å²) >= 11 is 3.64. The van der Waals surface area contributed by atoms with Crippen molar-refractivity contribution >= 4 is 27.7 Å². The maximum Gasteiger partial charge on any atom is 0.414 e. The van der Waals surface area contributed by atoms with Crippen LogP contribution in [0.5, 0.6) is 0 Å². The Bertz CT molecular complexity index is 1000. The number of ether oxygens (including phenoxy) is 1. The predicted molar refractivity (Wildman–Crippen MR) is 129 cm³/mol. The van der Waals surface area contributed by atoms with E-state index in [-0.39, 0.29) is 18.7 Å². The Morgan fingerprint density at radius 3 is 2.39 bits per heavy atom. The van der Waals surface area contributed by atoms with Crippen LogP contribution in [0.15, 0.2) is 77.3 Å². The summed E-state index contributed by atoms with van der Waals surface area (Å²) < 4.78 is 6.88. The second kappa shape index (κ2) is 10.1. The zero-order chi connectivity index (χ0) is 21.6. The van der Waals surface area contributed by atoms with Crippen LogP contribution in [0.25, 0.3) is 0 Å². The third-order valence-corrected chi connectivity index (χ3v) is 6.44. The van der Waals surface area contributed by atoms with Gasteiger partial charge in [-0.05, 0) is 66.5 Å². The first-order valence-corrected chi connectivity index (χ1v) is 11.8. The van der Waals surface area contributed by atoms with Gasteiger partial charge in [0.2, 0.25) is 0 Å². The van der Waals surface area contributed by atoms with Gasteiger partial charge in [-0.15, -0.1) is 0 Å². The van der Waals surface area contributed by atoms with Crippen LogP contribution in [-0.2, 0) is 30.6 Å². The second-order valence-electron chi connectivity index (χ2n) is 8.05. The summed E-state index contributed by atoms with van der Waals surface area (Å²) in [7, 11) is 0. The fourth-order valence-electron chi connectivity index (χ4n) is 4.40. The molecule has 1 amide bonds. The molecule has 160 valence electrons. The van der Waals surface area contributed by atoms with E-state index in [1.54, 1.807) is 0 Å². The molecule has 0 radical (unpaired) electrons. The number of aryl methyl sites for hydroxylation is 3. The van der Waals surface area contributed by atoms with E-state index in [9.17, 15) is 4.79 Å². The average molecular weight is 478 g/mol. The summed E-state index contributed by atoms with van der Waals surface area (Å²) in [6.45, 7) is 2.43. The van der Waals surface area contributed by atoms with Crippen LogP contribution in [0, 0.1) is 0 Å². The first kappa shape index (κ1) is 21.6. The topological polar surface area (TPSA) is 29.5 Å². The monoisotopic (exact) mass is 477 g/mol. The van der Waals surface area contributed by atoms with E-state index in [0.29, 0.717) is 0 Å². The van der Waals surface area contributed by atoms with E-state index >= 15 is 0 Å². The van der Waals surface area contributed by atoms with Gasteiger partial charge in [0.1, 0.15) is 6.61 Å². The van der Waals surface area contributed by atoms with Crippen molar-refractivity contribution in [3.8, 4) is 0 Å². The van der Waals surface area contributed by atoms with Crippen LogP contribution in [-0.4, -0.2) is 12.1 Å². The quantitative estimate of drug-likeness (QED) is 0.378. The highest BCUT2D eigenvalue weighted by atomic mass is 79.9. The van der Waals surface area contributed by atoms with Crippen molar-refractivity contribution in [1.29, 1.82) is 0 Å². The van der Waals surface area contributed by atoms with Crippen LogP contribution in [0.1, 0.15) is 42.0 Å². The lowest BCUT2D eigenvalue weighted by Gasteiger charge is -2.38. The molecule has 3 aromatic rings. The number of halogens is 1. The Hall–Kier alpha value is -2.59. The van der Waals surface area contributed by atoms with Crippen molar-refractivity contribution in [3.05, 3.63) is 99.5 Å². The minimum atomic E-state index is -0.250. The molecule has 0 spiro atoms. The molecule has 0 bridgehead atoms. The lowest BCUT2D eigenvalue weighted by molar-refractivity contribution is 0.143. The van der Waals surface area contributed by atoms with Crippen molar-refractivity contribution in [2.75, 3.05) is 4.90 Å². The molecule has 0 N–H and O–H groups in total. The van der Waals surface area contributed by atoms with Crippen molar-refractivity contribution in [3.63, 3.8) is 0 Å². The summed E-state index contributed by atoms with van der Waals surface area (Å²) in [4.78, 5) is 15.3. The molecule has 4 rings (SSSR count). The molecule has 0 aromatic heterocycles. The van der Waals surface area contributed by atoms with Gasteiger partial charge < -0.3 is 4.74 Å². The number of amides is 1. The summed E-state index contributed by atoms with van der Waals surface area (Å²) in [6.07, 6.45) is 4.41. The second-order valence-corrected chi connectivity index (χ2v) is 8.97. The molecule has 1 heterocycles. The van der Waals surface area contributed by atoms with Crippen LogP contribution < -0.4 is 4.90 Å². The van der Waals surface area contributed by atoms with Crippen LogP contribution in [0.3, 0.4) is 0 Å². The van der Waals surface area contributed by atoms with Crippen LogP contribution in [0.4, 0.5) is 10.5 Å². The van der Waals surface area contributed by atoms with E-state index in [0.717, 1.165) is 47.8 Å². The molecule has 1 aliphatic heterocycles. The molecule has 4 heteroatoms. The normalized spacial score (nSPS) is 15.4. The van der Waals surface area contributed by atoms with Crippen molar-refractivity contribution in [1.82, 2.24) is 0 Å². The molecular weight excluding hydrogens is 450 g/mol. The van der Waals surface area contributed by atoms with Crippen LogP contribution >= 0.6 is 15.9 Å². The largest absolute Gasteiger partial charge is 0.444 e. The number of hydrogen-bond acceptors (Lipinski definition) is 2. The third kappa shape index (κ3) is 5.19. The number of nitrogens with zero attached hydrogens (tertiary/aromatic N) is 1. The molecule has 0 saturated carbocycles. The third-order valence-electron chi connectivity index (χ3n) is 5.98. The number of benzene rings is 3. The van der Waals surface area contributed by atoms with E-state index in [2.05, 4.69) is 59.3 Å². The zero-order valence-corrected chi connectivity index (χ0v) is 19.5. The lowest BCUT2D eigenvalue weighted by atomic mass is 9.89. The Balaban J connectivity index is 1.60. The highest BCUT2D eigenvalue weighted by Crippen LogP contribution is 2.38. The fraction of sp³-hybridized carbons (Fsp3) is 0.296. The summed E-state index contributed by atoms with van der Waals surface area (Å²) in [5.74, 6) is 0. The average Bonchev–Trinajstić information content (AvgIpc) is 2.81. The summed E-state index contributed by atoms with van der Waals surface area (Å²) in [5.41, 5.74) is 5.76. The molecule has 0 aliphatic carbocycles. The Morgan fingerprint density at radius 2 is 1.71 bits per heavy atom. The Labute approximate surface area is 193 Å². The standard InChI is InChI=1S/C27H28BrNO2/c1-2-22-17-24(28)18-23-14-16-25(15-13-20-9-5-3-6-10-20)29(26(22)23)27(30)31-19-21-11-7-4-8-12-21/h3-12,17-18,25H,2,13-16,19H2,1H3. The summed E-state index contributed by atoms with van der Waals surface area (Å²) in [5, 5.41) is 0. The lowest BCUT2D eigenvalue weighted by Crippen LogP contribution is -2.45. The maximum absolute atomic E-state index is 13.4. The van der Waals surface area contributed by atoms with Gasteiger partial charge in [-0.2, -0.15) is 0 Å². The Kier molecular flexibility index (Phi) is 7.08. The van der Waals surface area contributed by atoms with Gasteiger partial charge >= 0.3 is 6.09 Å². The number of hydrogen-bond donors (Lipinski definition) is 0. The number of carbonyl (C=O) groups excluding carboxylic acids is 1. The van der Waals surface area contributed by atoms with E-state index < -0.39 is 0 Å². The first-order chi connectivity index (χ1) is 15.2. The molecule has 1 aliphatic rings. The fourth-order valence-corrected chi connectivity index (χ4v) is 4.95. The Morgan fingerprint density at radius 1 is 1.03 bits per heavy atom. The number of rotatable bonds is 6. The minimum Gasteiger partial charge on any atom is -0.444 e. The SMILES string of the molecule is CCc1cc(Br)cc2c1N(C(=O)OCc1ccccc1)C(CCc1ccccc1)CC2. The molecule has 1 unspecified atom stereocenters. The number of fused-ring (bicyclic) bond motifs is 1. The van der Waals surface area contributed by atoms with Crippen LogP contribution in [0.2, 0.25) is 0 Å².